The lowest BCUT2D eigenvalue weighted by atomic mass is 9.96. The molecule has 1 N–H and O–H groups in total. The van der Waals surface area contributed by atoms with Crippen molar-refractivity contribution in [1.82, 2.24) is 5.32 Å². The van der Waals surface area contributed by atoms with Gasteiger partial charge in [-0.25, -0.2) is 8.42 Å². The third-order valence-electron chi connectivity index (χ3n) is 6.07. The van der Waals surface area contributed by atoms with Crippen LogP contribution in [-0.4, -0.2) is 27.2 Å². The highest BCUT2D eigenvalue weighted by atomic mass is 32.2. The number of hydrogen-bond donors (Lipinski definition) is 1. The summed E-state index contributed by atoms with van der Waals surface area (Å²) in [5.41, 5.74) is 6.51. The molecule has 0 saturated carbocycles. The van der Waals surface area contributed by atoms with Crippen LogP contribution in [-0.2, 0) is 16.6 Å². The van der Waals surface area contributed by atoms with E-state index in [2.05, 4.69) is 38.2 Å². The average molecular weight is 495 g/mol. The summed E-state index contributed by atoms with van der Waals surface area (Å²) in [4.78, 5) is 12.9. The van der Waals surface area contributed by atoms with Gasteiger partial charge in [0.05, 0.1) is 31.1 Å². The van der Waals surface area contributed by atoms with Gasteiger partial charge < -0.3 is 10.1 Å². The van der Waals surface area contributed by atoms with Crippen LogP contribution in [0.2, 0.25) is 0 Å². The Labute approximate surface area is 209 Å². The summed E-state index contributed by atoms with van der Waals surface area (Å²) in [6.07, 6.45) is 1.18. The first-order chi connectivity index (χ1) is 16.5. The van der Waals surface area contributed by atoms with Gasteiger partial charge in [-0.3, -0.25) is 9.10 Å². The van der Waals surface area contributed by atoms with Crippen molar-refractivity contribution in [2.45, 2.75) is 47.2 Å². The predicted octanol–water partition coefficient (Wildman–Crippen LogP) is 5.47. The van der Waals surface area contributed by atoms with Gasteiger partial charge in [-0.15, -0.1) is 0 Å². The number of ether oxygens (including phenoxy) is 1. The maximum atomic E-state index is 12.9. The molecule has 0 bridgehead atoms. The van der Waals surface area contributed by atoms with E-state index in [0.717, 1.165) is 16.7 Å². The van der Waals surface area contributed by atoms with E-state index < -0.39 is 10.0 Å². The number of rotatable bonds is 9. The fraction of sp³-hybridized carbons (Fsp3) is 0.321. The summed E-state index contributed by atoms with van der Waals surface area (Å²) >= 11 is 0. The molecule has 3 aromatic carbocycles. The molecular formula is C28H34N2O4S. The summed E-state index contributed by atoms with van der Waals surface area (Å²) < 4.78 is 31.7. The maximum absolute atomic E-state index is 12.9. The molecule has 6 nitrogen and oxygen atoms in total. The average Bonchev–Trinajstić information content (AvgIpc) is 2.80. The Balaban J connectivity index is 1.73. The highest BCUT2D eigenvalue weighted by Gasteiger charge is 2.19. The molecule has 0 aliphatic heterocycles. The molecule has 0 fully saturated rings. The van der Waals surface area contributed by atoms with E-state index in [9.17, 15) is 13.2 Å². The van der Waals surface area contributed by atoms with Crippen LogP contribution in [0, 0.1) is 20.8 Å². The Hall–Kier alpha value is -3.32. The molecule has 0 spiro atoms. The number of nitrogens with zero attached hydrogens (tertiary/aromatic N) is 1. The third-order valence-corrected chi connectivity index (χ3v) is 7.22. The van der Waals surface area contributed by atoms with Crippen LogP contribution in [0.25, 0.3) is 0 Å². The lowest BCUT2D eigenvalue weighted by molar-refractivity contribution is 0.0939. The fourth-order valence-electron chi connectivity index (χ4n) is 4.01. The quantitative estimate of drug-likeness (QED) is 0.428. The Morgan fingerprint density at radius 2 is 1.54 bits per heavy atom. The minimum Gasteiger partial charge on any atom is -0.494 e. The molecule has 0 aliphatic rings. The summed E-state index contributed by atoms with van der Waals surface area (Å²) in [5.74, 6) is 0.512. The summed E-state index contributed by atoms with van der Waals surface area (Å²) in [7, 11) is -3.51. The smallest absolute Gasteiger partial charge is 0.251 e. The number of hydrogen-bond acceptors (Lipinski definition) is 4. The second-order valence-corrected chi connectivity index (χ2v) is 10.8. The van der Waals surface area contributed by atoms with E-state index in [0.29, 0.717) is 23.6 Å². The number of benzene rings is 3. The molecular weight excluding hydrogens is 460 g/mol. The number of amides is 1. The predicted molar refractivity (Wildman–Crippen MR) is 142 cm³/mol. The maximum Gasteiger partial charge on any atom is 0.251 e. The van der Waals surface area contributed by atoms with E-state index in [-0.39, 0.29) is 18.5 Å². The van der Waals surface area contributed by atoms with E-state index >= 15 is 0 Å². The van der Waals surface area contributed by atoms with Crippen molar-refractivity contribution in [3.63, 3.8) is 0 Å². The minimum absolute atomic E-state index is 0.137. The second kappa shape index (κ2) is 11.0. The molecule has 186 valence electrons. The van der Waals surface area contributed by atoms with Crippen LogP contribution in [0.4, 0.5) is 5.69 Å². The number of sulfonamides is 1. The van der Waals surface area contributed by atoms with E-state index in [4.69, 9.17) is 4.74 Å². The van der Waals surface area contributed by atoms with E-state index in [1.165, 1.54) is 21.7 Å². The monoisotopic (exact) mass is 494 g/mol. The number of anilines is 1. The van der Waals surface area contributed by atoms with Crippen LogP contribution < -0.4 is 14.4 Å². The van der Waals surface area contributed by atoms with Crippen molar-refractivity contribution in [2.75, 3.05) is 17.2 Å². The Bertz CT molecular complexity index is 1280. The van der Waals surface area contributed by atoms with Crippen molar-refractivity contribution >= 4 is 21.6 Å². The van der Waals surface area contributed by atoms with Crippen molar-refractivity contribution in [3.05, 3.63) is 94.0 Å². The first kappa shape index (κ1) is 26.3. The molecule has 1 atom stereocenters. The number of carbonyl (C=O) groups is 1. The second-order valence-electron chi connectivity index (χ2n) is 8.88. The summed E-state index contributed by atoms with van der Waals surface area (Å²) in [6, 6.07) is 18.1. The van der Waals surface area contributed by atoms with Crippen LogP contribution in [0.15, 0.2) is 60.7 Å². The molecule has 0 radical (unpaired) electrons. The first-order valence-corrected chi connectivity index (χ1v) is 13.5. The zero-order valence-electron chi connectivity index (χ0n) is 21.3. The zero-order valence-corrected chi connectivity index (χ0v) is 22.1. The zero-order chi connectivity index (χ0) is 25.8. The molecule has 0 heterocycles. The van der Waals surface area contributed by atoms with Crippen molar-refractivity contribution < 1.29 is 17.9 Å². The topological polar surface area (TPSA) is 75.7 Å². The molecule has 35 heavy (non-hydrogen) atoms. The Kier molecular flexibility index (Phi) is 8.22. The van der Waals surface area contributed by atoms with Gasteiger partial charge in [0.1, 0.15) is 5.75 Å². The molecule has 3 aromatic rings. The summed E-state index contributed by atoms with van der Waals surface area (Å²) in [6.45, 7) is 10.8. The van der Waals surface area contributed by atoms with Crippen molar-refractivity contribution in [3.8, 4) is 5.75 Å². The molecule has 7 heteroatoms. The van der Waals surface area contributed by atoms with E-state index in [1.54, 1.807) is 48.5 Å². The lowest BCUT2D eigenvalue weighted by Crippen LogP contribution is -2.29. The van der Waals surface area contributed by atoms with Gasteiger partial charge in [0, 0.05) is 5.56 Å². The standard InChI is InChI=1S/C28H34N2O4S/c1-7-34-26-14-12-25(13-15-26)30(35(6,32)33)18-23-8-10-24(11-9-23)28(31)29-22(5)27-17-20(3)19(2)16-21(27)4/h8-17,22H,7,18H2,1-6H3,(H,29,31)/t22-/m0/s1. The van der Waals surface area contributed by atoms with Crippen LogP contribution in [0.1, 0.15) is 58.1 Å². The molecule has 0 unspecified atom stereocenters. The Morgan fingerprint density at radius 3 is 2.11 bits per heavy atom. The van der Waals surface area contributed by atoms with Crippen LogP contribution >= 0.6 is 0 Å². The third kappa shape index (κ3) is 6.63. The normalized spacial score (nSPS) is 12.2. The number of aryl methyl sites for hydroxylation is 3. The fourth-order valence-corrected chi connectivity index (χ4v) is 4.90. The van der Waals surface area contributed by atoms with Gasteiger partial charge in [0.15, 0.2) is 0 Å². The molecule has 0 saturated heterocycles. The van der Waals surface area contributed by atoms with E-state index in [1.807, 2.05) is 13.8 Å². The van der Waals surface area contributed by atoms with Crippen molar-refractivity contribution in [1.29, 1.82) is 0 Å². The lowest BCUT2D eigenvalue weighted by Gasteiger charge is -2.23. The van der Waals surface area contributed by atoms with Crippen LogP contribution in [0.5, 0.6) is 5.75 Å². The molecule has 0 aromatic heterocycles. The summed E-state index contributed by atoms with van der Waals surface area (Å²) in [5, 5.41) is 3.07. The van der Waals surface area contributed by atoms with Gasteiger partial charge in [0.25, 0.3) is 5.91 Å². The van der Waals surface area contributed by atoms with Gasteiger partial charge in [0.2, 0.25) is 10.0 Å². The Morgan fingerprint density at radius 1 is 0.943 bits per heavy atom. The minimum atomic E-state index is -3.51. The largest absolute Gasteiger partial charge is 0.494 e. The molecule has 3 rings (SSSR count). The first-order valence-electron chi connectivity index (χ1n) is 11.7. The number of nitrogens with one attached hydrogen (secondary N) is 1. The highest BCUT2D eigenvalue weighted by molar-refractivity contribution is 7.92. The number of carbonyl (C=O) groups excluding carboxylic acids is 1. The van der Waals surface area contributed by atoms with Gasteiger partial charge in [-0.2, -0.15) is 0 Å². The van der Waals surface area contributed by atoms with Crippen LogP contribution in [0.3, 0.4) is 0 Å². The SMILES string of the molecule is CCOc1ccc(N(Cc2ccc(C(=O)N[C@@H](C)c3cc(C)c(C)cc3C)cc2)S(C)(=O)=O)cc1. The van der Waals surface area contributed by atoms with Gasteiger partial charge >= 0.3 is 0 Å². The molecule has 1 amide bonds. The van der Waals surface area contributed by atoms with Crippen molar-refractivity contribution in [2.24, 2.45) is 0 Å². The highest BCUT2D eigenvalue weighted by Crippen LogP contribution is 2.25. The molecule has 0 aliphatic carbocycles. The van der Waals surface area contributed by atoms with Gasteiger partial charge in [-0.05, 0) is 98.8 Å². The van der Waals surface area contributed by atoms with Gasteiger partial charge in [-0.1, -0.05) is 24.3 Å².